The van der Waals surface area contributed by atoms with E-state index < -0.39 is 0 Å². The fourth-order valence-electron chi connectivity index (χ4n) is 2.64. The summed E-state index contributed by atoms with van der Waals surface area (Å²) in [5, 5.41) is 8.34. The average molecular weight is 334 g/mol. The number of nitrogens with two attached hydrogens (primary N) is 1. The SMILES string of the molecule is Nc1nc2ccc(NC(=O)Nc3cccc4ccccc34)cc2s1. The number of fused-ring (bicyclic) bond motifs is 2. The molecule has 0 saturated carbocycles. The number of nitrogens with one attached hydrogen (secondary N) is 2. The number of nitrogen functional groups attached to an aromatic ring is 1. The van der Waals surface area contributed by atoms with Crippen LogP contribution in [0.4, 0.5) is 21.3 Å². The molecule has 0 aliphatic carbocycles. The van der Waals surface area contributed by atoms with Crippen LogP contribution < -0.4 is 16.4 Å². The van der Waals surface area contributed by atoms with Gasteiger partial charge in [0.25, 0.3) is 0 Å². The Labute approximate surface area is 142 Å². The van der Waals surface area contributed by atoms with Crippen molar-refractivity contribution in [1.82, 2.24) is 4.98 Å². The van der Waals surface area contributed by atoms with E-state index in [0.717, 1.165) is 26.7 Å². The second-order valence-corrected chi connectivity index (χ2v) is 6.40. The molecule has 0 radical (unpaired) electrons. The Morgan fingerprint density at radius 1 is 1.00 bits per heavy atom. The molecular weight excluding hydrogens is 320 g/mol. The van der Waals surface area contributed by atoms with E-state index in [9.17, 15) is 4.79 Å². The van der Waals surface area contributed by atoms with Crippen LogP contribution in [0.15, 0.2) is 60.7 Å². The van der Waals surface area contributed by atoms with Gasteiger partial charge in [0.05, 0.1) is 15.9 Å². The van der Waals surface area contributed by atoms with E-state index in [0.29, 0.717) is 10.8 Å². The Balaban J connectivity index is 1.56. The van der Waals surface area contributed by atoms with Gasteiger partial charge in [0, 0.05) is 11.1 Å². The van der Waals surface area contributed by atoms with Gasteiger partial charge < -0.3 is 16.4 Å². The van der Waals surface area contributed by atoms with Gasteiger partial charge in [-0.05, 0) is 29.7 Å². The first-order chi connectivity index (χ1) is 11.7. The summed E-state index contributed by atoms with van der Waals surface area (Å²) >= 11 is 1.39. The van der Waals surface area contributed by atoms with Gasteiger partial charge in [-0.2, -0.15) is 0 Å². The van der Waals surface area contributed by atoms with Crippen molar-refractivity contribution < 1.29 is 4.79 Å². The molecule has 5 nitrogen and oxygen atoms in total. The second-order valence-electron chi connectivity index (χ2n) is 5.34. The number of rotatable bonds is 2. The summed E-state index contributed by atoms with van der Waals surface area (Å²) < 4.78 is 0.940. The van der Waals surface area contributed by atoms with Crippen LogP contribution in [-0.2, 0) is 0 Å². The van der Waals surface area contributed by atoms with Crippen LogP contribution in [0.2, 0.25) is 0 Å². The number of aromatic nitrogens is 1. The van der Waals surface area contributed by atoms with Crippen LogP contribution in [0.1, 0.15) is 0 Å². The van der Waals surface area contributed by atoms with Crippen LogP contribution in [0, 0.1) is 0 Å². The van der Waals surface area contributed by atoms with Gasteiger partial charge in [-0.1, -0.05) is 47.7 Å². The van der Waals surface area contributed by atoms with Crippen molar-refractivity contribution >= 4 is 54.9 Å². The molecule has 0 fully saturated rings. The Morgan fingerprint density at radius 2 is 1.83 bits per heavy atom. The zero-order chi connectivity index (χ0) is 16.5. The quantitative estimate of drug-likeness (QED) is 0.498. The number of benzene rings is 3. The van der Waals surface area contributed by atoms with E-state index in [4.69, 9.17) is 5.73 Å². The molecule has 6 heteroatoms. The highest BCUT2D eigenvalue weighted by Crippen LogP contribution is 2.27. The maximum atomic E-state index is 12.3. The monoisotopic (exact) mass is 334 g/mol. The lowest BCUT2D eigenvalue weighted by atomic mass is 10.1. The van der Waals surface area contributed by atoms with E-state index in [1.807, 2.05) is 60.7 Å². The molecule has 0 aliphatic heterocycles. The number of nitrogens with zero attached hydrogens (tertiary/aromatic N) is 1. The molecule has 0 atom stereocenters. The normalized spacial score (nSPS) is 10.8. The van der Waals surface area contributed by atoms with E-state index in [2.05, 4.69) is 15.6 Å². The Bertz CT molecular complexity index is 1050. The molecule has 0 unspecified atom stereocenters. The molecule has 1 heterocycles. The highest BCUT2D eigenvalue weighted by Gasteiger charge is 2.07. The Hall–Kier alpha value is -3.12. The molecule has 0 bridgehead atoms. The number of carbonyl (C=O) groups is 1. The van der Waals surface area contributed by atoms with Crippen molar-refractivity contribution in [3.05, 3.63) is 60.7 Å². The fourth-order valence-corrected chi connectivity index (χ4v) is 3.41. The molecule has 24 heavy (non-hydrogen) atoms. The second kappa shape index (κ2) is 5.82. The minimum atomic E-state index is -0.289. The summed E-state index contributed by atoms with van der Waals surface area (Å²) in [5.41, 5.74) is 8.01. The number of carbonyl (C=O) groups excluding carboxylic acids is 1. The summed E-state index contributed by atoms with van der Waals surface area (Å²) in [5.74, 6) is 0. The number of urea groups is 1. The fraction of sp³-hybridized carbons (Fsp3) is 0. The zero-order valence-corrected chi connectivity index (χ0v) is 13.4. The number of amides is 2. The van der Waals surface area contributed by atoms with Crippen LogP contribution in [0.25, 0.3) is 21.0 Å². The largest absolute Gasteiger partial charge is 0.375 e. The van der Waals surface area contributed by atoms with Crippen LogP contribution in [-0.4, -0.2) is 11.0 Å². The minimum Gasteiger partial charge on any atom is -0.375 e. The first-order valence-corrected chi connectivity index (χ1v) is 8.22. The maximum absolute atomic E-state index is 12.3. The molecule has 2 amide bonds. The molecule has 4 N–H and O–H groups in total. The lowest BCUT2D eigenvalue weighted by Crippen LogP contribution is -2.19. The van der Waals surface area contributed by atoms with E-state index in [1.165, 1.54) is 11.3 Å². The number of anilines is 3. The average Bonchev–Trinajstić information content (AvgIpc) is 2.94. The molecular formula is C18H14N4OS. The molecule has 0 saturated heterocycles. The van der Waals surface area contributed by atoms with Crippen molar-refractivity contribution in [2.45, 2.75) is 0 Å². The zero-order valence-electron chi connectivity index (χ0n) is 12.6. The molecule has 0 aliphatic rings. The first kappa shape index (κ1) is 14.5. The summed E-state index contributed by atoms with van der Waals surface area (Å²) in [6.07, 6.45) is 0. The maximum Gasteiger partial charge on any atom is 0.323 e. The number of hydrogen-bond donors (Lipinski definition) is 3. The van der Waals surface area contributed by atoms with Gasteiger partial charge in [0.1, 0.15) is 0 Å². The lowest BCUT2D eigenvalue weighted by Gasteiger charge is -2.10. The van der Waals surface area contributed by atoms with Crippen LogP contribution >= 0.6 is 11.3 Å². The Kier molecular flexibility index (Phi) is 3.51. The smallest absolute Gasteiger partial charge is 0.323 e. The molecule has 1 aromatic heterocycles. The van der Waals surface area contributed by atoms with Crippen molar-refractivity contribution in [1.29, 1.82) is 0 Å². The van der Waals surface area contributed by atoms with E-state index in [-0.39, 0.29) is 6.03 Å². The van der Waals surface area contributed by atoms with E-state index in [1.54, 1.807) is 0 Å². The predicted molar refractivity (Wildman–Crippen MR) is 101 cm³/mol. The van der Waals surface area contributed by atoms with Gasteiger partial charge in [0.2, 0.25) is 0 Å². The highest BCUT2D eigenvalue weighted by molar-refractivity contribution is 7.22. The van der Waals surface area contributed by atoms with Gasteiger partial charge in [-0.3, -0.25) is 0 Å². The van der Waals surface area contributed by atoms with Crippen molar-refractivity contribution in [2.75, 3.05) is 16.4 Å². The Morgan fingerprint density at radius 3 is 2.75 bits per heavy atom. The van der Waals surface area contributed by atoms with Crippen molar-refractivity contribution in [2.24, 2.45) is 0 Å². The molecule has 4 rings (SSSR count). The predicted octanol–water partition coefficient (Wildman–Crippen LogP) is 4.68. The summed E-state index contributed by atoms with van der Waals surface area (Å²) in [6.45, 7) is 0. The van der Waals surface area contributed by atoms with Crippen molar-refractivity contribution in [3.63, 3.8) is 0 Å². The number of thiazole rings is 1. The standard InChI is InChI=1S/C18H14N4OS/c19-17-21-15-9-8-12(10-16(15)24-17)20-18(23)22-14-7-3-5-11-4-1-2-6-13(11)14/h1-10H,(H2,19,21)(H2,20,22,23). The van der Waals surface area contributed by atoms with Gasteiger partial charge in [-0.25, -0.2) is 9.78 Å². The molecule has 118 valence electrons. The molecule has 0 spiro atoms. The first-order valence-electron chi connectivity index (χ1n) is 7.41. The lowest BCUT2D eigenvalue weighted by molar-refractivity contribution is 0.262. The van der Waals surface area contributed by atoms with Crippen LogP contribution in [0.3, 0.4) is 0 Å². The van der Waals surface area contributed by atoms with Gasteiger partial charge >= 0.3 is 6.03 Å². The summed E-state index contributed by atoms with van der Waals surface area (Å²) in [4.78, 5) is 16.5. The summed E-state index contributed by atoms with van der Waals surface area (Å²) in [7, 11) is 0. The van der Waals surface area contributed by atoms with Gasteiger partial charge in [-0.15, -0.1) is 0 Å². The third-order valence-corrected chi connectivity index (χ3v) is 4.55. The molecule has 4 aromatic rings. The van der Waals surface area contributed by atoms with Crippen LogP contribution in [0.5, 0.6) is 0 Å². The van der Waals surface area contributed by atoms with Crippen molar-refractivity contribution in [3.8, 4) is 0 Å². The van der Waals surface area contributed by atoms with Gasteiger partial charge in [0.15, 0.2) is 5.13 Å². The van der Waals surface area contributed by atoms with E-state index >= 15 is 0 Å². The topological polar surface area (TPSA) is 80.0 Å². The third kappa shape index (κ3) is 2.75. The third-order valence-electron chi connectivity index (χ3n) is 3.70. The molecule has 3 aromatic carbocycles. The minimum absolute atomic E-state index is 0.289. The highest BCUT2D eigenvalue weighted by atomic mass is 32.1. The number of hydrogen-bond acceptors (Lipinski definition) is 4. The summed E-state index contributed by atoms with van der Waals surface area (Å²) in [6, 6.07) is 19.0.